The van der Waals surface area contributed by atoms with Crippen molar-refractivity contribution in [2.45, 2.75) is 0 Å². The van der Waals surface area contributed by atoms with Gasteiger partial charge in [-0.1, -0.05) is 6.58 Å². The zero-order valence-corrected chi connectivity index (χ0v) is 5.54. The van der Waals surface area contributed by atoms with Gasteiger partial charge in [0.15, 0.2) is 0 Å². The van der Waals surface area contributed by atoms with Gasteiger partial charge in [-0.05, 0) is 5.92 Å². The molecule has 0 aromatic carbocycles. The minimum absolute atomic E-state index is 0.339. The lowest BCUT2D eigenvalue weighted by Crippen LogP contribution is -1.95. The Morgan fingerprint density at radius 1 is 1.70 bits per heavy atom. The topological polar surface area (TPSA) is 64.4 Å². The molecule has 0 aromatic heterocycles. The molecular weight excluding hydrogens is 126 g/mol. The molecule has 0 saturated carbocycles. The second-order valence-electron chi connectivity index (χ2n) is 1.53. The van der Waals surface area contributed by atoms with E-state index in [0.29, 0.717) is 11.4 Å². The van der Waals surface area contributed by atoms with Gasteiger partial charge in [0.25, 0.3) is 0 Å². The van der Waals surface area contributed by atoms with E-state index >= 15 is 0 Å². The highest BCUT2D eigenvalue weighted by Crippen LogP contribution is 1.88. The molecular formula is C7H9N3. The van der Waals surface area contributed by atoms with Crippen molar-refractivity contribution >= 4 is 6.21 Å². The van der Waals surface area contributed by atoms with Crippen LogP contribution in [0.1, 0.15) is 0 Å². The zero-order valence-electron chi connectivity index (χ0n) is 5.54. The lowest BCUT2D eigenvalue weighted by Gasteiger charge is -1.86. The minimum Gasteiger partial charge on any atom is -0.402 e. The number of aliphatic imine (C=N–C) groups is 1. The Morgan fingerprint density at radius 2 is 2.30 bits per heavy atom. The molecule has 0 aliphatic rings. The van der Waals surface area contributed by atoms with E-state index in [0.717, 1.165) is 0 Å². The SMILES string of the molecule is C#CC(=C/N)/N=C\C(=C)N. The number of terminal acetylenes is 1. The first-order valence-electron chi connectivity index (χ1n) is 2.57. The Bertz CT molecular complexity index is 217. The van der Waals surface area contributed by atoms with Crippen LogP contribution in [0.2, 0.25) is 0 Å². The molecule has 3 heteroatoms. The van der Waals surface area contributed by atoms with Crippen molar-refractivity contribution in [1.29, 1.82) is 0 Å². The Morgan fingerprint density at radius 3 is 2.60 bits per heavy atom. The Balaban J connectivity index is 4.16. The molecule has 0 aliphatic carbocycles. The summed E-state index contributed by atoms with van der Waals surface area (Å²) in [4.78, 5) is 3.71. The van der Waals surface area contributed by atoms with Crippen molar-refractivity contribution in [3.05, 3.63) is 24.2 Å². The molecule has 10 heavy (non-hydrogen) atoms. The van der Waals surface area contributed by atoms with Gasteiger partial charge in [-0.25, -0.2) is 4.99 Å². The summed E-state index contributed by atoms with van der Waals surface area (Å²) in [5.74, 6) is 2.25. The summed E-state index contributed by atoms with van der Waals surface area (Å²) in [6.07, 6.45) is 7.55. The van der Waals surface area contributed by atoms with Crippen LogP contribution in [-0.2, 0) is 0 Å². The van der Waals surface area contributed by atoms with Crippen molar-refractivity contribution in [1.82, 2.24) is 0 Å². The summed E-state index contributed by atoms with van der Waals surface area (Å²) >= 11 is 0. The van der Waals surface area contributed by atoms with E-state index in [1.54, 1.807) is 0 Å². The quantitative estimate of drug-likeness (QED) is 0.412. The summed E-state index contributed by atoms with van der Waals surface area (Å²) in [6, 6.07) is 0. The van der Waals surface area contributed by atoms with E-state index in [1.807, 2.05) is 0 Å². The molecule has 0 aromatic rings. The summed E-state index contributed by atoms with van der Waals surface area (Å²) in [7, 11) is 0. The molecule has 52 valence electrons. The van der Waals surface area contributed by atoms with Gasteiger partial charge >= 0.3 is 0 Å². The van der Waals surface area contributed by atoms with E-state index < -0.39 is 0 Å². The molecule has 0 unspecified atom stereocenters. The molecule has 0 rings (SSSR count). The summed E-state index contributed by atoms with van der Waals surface area (Å²) < 4.78 is 0. The molecule has 0 aliphatic heterocycles. The second kappa shape index (κ2) is 4.21. The fraction of sp³-hybridized carbons (Fsp3) is 0. The van der Waals surface area contributed by atoms with Crippen LogP contribution in [0.3, 0.4) is 0 Å². The van der Waals surface area contributed by atoms with Crippen molar-refractivity contribution in [3.8, 4) is 12.3 Å². The van der Waals surface area contributed by atoms with Gasteiger partial charge in [-0.15, -0.1) is 6.42 Å². The first kappa shape index (κ1) is 8.31. The highest BCUT2D eigenvalue weighted by molar-refractivity contribution is 5.77. The standard InChI is InChI=1S/C7H9N3/c1-3-7(4-8)10-5-6(2)9/h1,4-5H,2,8-9H2/b7-4-,10-5-. The van der Waals surface area contributed by atoms with Gasteiger partial charge < -0.3 is 11.5 Å². The Labute approximate surface area is 60.1 Å². The molecule has 0 bridgehead atoms. The Hall–Kier alpha value is -1.69. The molecule has 4 N–H and O–H groups in total. The van der Waals surface area contributed by atoms with E-state index in [-0.39, 0.29) is 0 Å². The van der Waals surface area contributed by atoms with E-state index in [4.69, 9.17) is 17.9 Å². The predicted octanol–water partition coefficient (Wildman–Crippen LogP) is -0.0371. The predicted molar refractivity (Wildman–Crippen MR) is 42.9 cm³/mol. The van der Waals surface area contributed by atoms with Crippen molar-refractivity contribution in [2.24, 2.45) is 16.5 Å². The first-order chi connectivity index (χ1) is 4.70. The van der Waals surface area contributed by atoms with Crippen molar-refractivity contribution < 1.29 is 0 Å². The molecule has 3 nitrogen and oxygen atoms in total. The van der Waals surface area contributed by atoms with Crippen LogP contribution < -0.4 is 11.5 Å². The number of hydrogen-bond acceptors (Lipinski definition) is 3. The van der Waals surface area contributed by atoms with Crippen LogP contribution in [0, 0.1) is 12.3 Å². The fourth-order valence-corrected chi connectivity index (χ4v) is 0.281. The third-order valence-electron chi connectivity index (χ3n) is 0.675. The number of allylic oxidation sites excluding steroid dienone is 2. The van der Waals surface area contributed by atoms with Crippen molar-refractivity contribution in [2.75, 3.05) is 0 Å². The Kier molecular flexibility index (Phi) is 3.50. The first-order valence-corrected chi connectivity index (χ1v) is 2.57. The van der Waals surface area contributed by atoms with Crippen LogP contribution in [0.4, 0.5) is 0 Å². The average molecular weight is 135 g/mol. The molecule has 0 saturated heterocycles. The summed E-state index contributed by atoms with van der Waals surface area (Å²) in [5.41, 5.74) is 10.9. The lowest BCUT2D eigenvalue weighted by molar-refractivity contribution is 1.38. The maximum atomic E-state index is 5.17. The number of rotatable bonds is 2. The molecule has 0 amide bonds. The summed E-state index contributed by atoms with van der Waals surface area (Å²) in [6.45, 7) is 3.39. The van der Waals surface area contributed by atoms with Gasteiger partial charge in [0.2, 0.25) is 0 Å². The minimum atomic E-state index is 0.339. The third-order valence-corrected chi connectivity index (χ3v) is 0.675. The third kappa shape index (κ3) is 3.33. The van der Waals surface area contributed by atoms with E-state index in [1.165, 1.54) is 12.4 Å². The molecule has 0 radical (unpaired) electrons. The summed E-state index contributed by atoms with van der Waals surface area (Å²) in [5, 5.41) is 0. The van der Waals surface area contributed by atoms with Crippen LogP contribution in [0.25, 0.3) is 0 Å². The van der Waals surface area contributed by atoms with Gasteiger partial charge in [-0.2, -0.15) is 0 Å². The highest BCUT2D eigenvalue weighted by atomic mass is 14.8. The lowest BCUT2D eigenvalue weighted by atomic mass is 10.5. The van der Waals surface area contributed by atoms with E-state index in [9.17, 15) is 0 Å². The number of nitrogens with zero attached hydrogens (tertiary/aromatic N) is 1. The van der Waals surface area contributed by atoms with Crippen LogP contribution in [-0.4, -0.2) is 6.21 Å². The van der Waals surface area contributed by atoms with Gasteiger partial charge in [0.1, 0.15) is 5.70 Å². The second-order valence-corrected chi connectivity index (χ2v) is 1.53. The molecule has 0 atom stereocenters. The van der Waals surface area contributed by atoms with Crippen molar-refractivity contribution in [3.63, 3.8) is 0 Å². The zero-order chi connectivity index (χ0) is 7.98. The van der Waals surface area contributed by atoms with Crippen LogP contribution >= 0.6 is 0 Å². The maximum Gasteiger partial charge on any atom is 0.128 e. The maximum absolute atomic E-state index is 5.17. The molecule has 0 fully saturated rings. The van der Waals surface area contributed by atoms with Gasteiger partial charge in [0, 0.05) is 11.9 Å². The molecule has 0 spiro atoms. The largest absolute Gasteiger partial charge is 0.402 e. The van der Waals surface area contributed by atoms with Gasteiger partial charge in [0.05, 0.1) is 6.21 Å². The molecule has 0 heterocycles. The monoisotopic (exact) mass is 135 g/mol. The fourth-order valence-electron chi connectivity index (χ4n) is 0.281. The normalized spacial score (nSPS) is 11.3. The van der Waals surface area contributed by atoms with E-state index in [2.05, 4.69) is 17.5 Å². The highest BCUT2D eigenvalue weighted by Gasteiger charge is 1.81. The average Bonchev–Trinajstić information content (AvgIpc) is 1.90. The number of nitrogens with two attached hydrogens (primary N) is 2. The van der Waals surface area contributed by atoms with Crippen LogP contribution in [0.15, 0.2) is 29.2 Å². The van der Waals surface area contributed by atoms with Crippen LogP contribution in [0.5, 0.6) is 0 Å². The number of hydrogen-bond donors (Lipinski definition) is 2. The van der Waals surface area contributed by atoms with Gasteiger partial charge in [-0.3, -0.25) is 0 Å². The smallest absolute Gasteiger partial charge is 0.128 e.